The lowest BCUT2D eigenvalue weighted by atomic mass is 10.2. The molecule has 1 aromatic heterocycles. The van der Waals surface area contributed by atoms with Gasteiger partial charge in [-0.25, -0.2) is 9.78 Å². The number of amides is 1. The van der Waals surface area contributed by atoms with Crippen molar-refractivity contribution in [3.8, 4) is 5.75 Å². The second-order valence-corrected chi connectivity index (χ2v) is 7.62. The molecule has 0 bridgehead atoms. The number of hydrogen-bond donors (Lipinski definition) is 1. The van der Waals surface area contributed by atoms with Crippen LogP contribution in [0.3, 0.4) is 0 Å². The molecule has 0 spiro atoms. The average molecular weight is 439 g/mol. The zero-order chi connectivity index (χ0) is 20.3. The number of nitrogens with zero attached hydrogens (tertiary/aromatic N) is 1. The molecule has 146 valence electrons. The Bertz CT molecular complexity index is 1040. The third kappa shape index (κ3) is 4.73. The van der Waals surface area contributed by atoms with E-state index in [2.05, 4.69) is 10.3 Å². The van der Waals surface area contributed by atoms with E-state index < -0.39 is 12.1 Å². The first-order valence-corrected chi connectivity index (χ1v) is 9.95. The van der Waals surface area contributed by atoms with Crippen molar-refractivity contribution in [2.75, 3.05) is 11.9 Å². The number of aromatic nitrogens is 1. The van der Waals surface area contributed by atoms with E-state index in [-0.39, 0.29) is 5.91 Å². The molecule has 1 amide bonds. The van der Waals surface area contributed by atoms with Crippen molar-refractivity contribution in [1.29, 1.82) is 0 Å². The smallest absolute Gasteiger partial charge is 0.338 e. The van der Waals surface area contributed by atoms with Crippen LogP contribution < -0.4 is 10.1 Å². The van der Waals surface area contributed by atoms with Crippen molar-refractivity contribution >= 4 is 61.8 Å². The van der Waals surface area contributed by atoms with E-state index in [0.29, 0.717) is 38.6 Å². The number of benzene rings is 2. The van der Waals surface area contributed by atoms with Crippen LogP contribution in [0.1, 0.15) is 24.2 Å². The molecule has 0 saturated carbocycles. The van der Waals surface area contributed by atoms with Crippen LogP contribution in [0.4, 0.5) is 5.13 Å². The maximum atomic E-state index is 12.4. The quantitative estimate of drug-likeness (QED) is 0.535. The van der Waals surface area contributed by atoms with Crippen molar-refractivity contribution in [2.24, 2.45) is 0 Å². The number of carbonyl (C=O) groups excluding carboxylic acids is 2. The van der Waals surface area contributed by atoms with Gasteiger partial charge < -0.3 is 9.47 Å². The topological polar surface area (TPSA) is 77.5 Å². The van der Waals surface area contributed by atoms with Gasteiger partial charge in [-0.1, -0.05) is 34.5 Å². The normalized spacial score (nSPS) is 11.9. The van der Waals surface area contributed by atoms with Gasteiger partial charge in [0.15, 0.2) is 11.2 Å². The molecule has 0 saturated heterocycles. The number of fused-ring (bicyclic) bond motifs is 1. The van der Waals surface area contributed by atoms with Crippen LogP contribution in [0, 0.1) is 0 Å². The first kappa shape index (κ1) is 20.4. The van der Waals surface area contributed by atoms with E-state index in [1.54, 1.807) is 44.2 Å². The summed E-state index contributed by atoms with van der Waals surface area (Å²) in [4.78, 5) is 28.6. The molecule has 3 aromatic rings. The summed E-state index contributed by atoms with van der Waals surface area (Å²) in [5.41, 5.74) is 1.10. The van der Waals surface area contributed by atoms with Gasteiger partial charge in [-0.3, -0.25) is 10.1 Å². The molecule has 1 heterocycles. The second-order valence-electron chi connectivity index (χ2n) is 5.75. The molecule has 0 aliphatic rings. The summed E-state index contributed by atoms with van der Waals surface area (Å²) in [6.45, 7) is 3.65. The Balaban J connectivity index is 1.70. The van der Waals surface area contributed by atoms with Crippen molar-refractivity contribution < 1.29 is 19.1 Å². The molecular formula is C19H16Cl2N2O4S. The van der Waals surface area contributed by atoms with Gasteiger partial charge in [0.25, 0.3) is 5.91 Å². The van der Waals surface area contributed by atoms with E-state index in [1.807, 2.05) is 0 Å². The molecule has 6 nitrogen and oxygen atoms in total. The summed E-state index contributed by atoms with van der Waals surface area (Å²) in [7, 11) is 0. The fraction of sp³-hybridized carbons (Fsp3) is 0.211. The maximum absolute atomic E-state index is 12.4. The molecule has 0 radical (unpaired) electrons. The monoisotopic (exact) mass is 438 g/mol. The van der Waals surface area contributed by atoms with Gasteiger partial charge in [0, 0.05) is 5.02 Å². The number of anilines is 1. The predicted molar refractivity (Wildman–Crippen MR) is 111 cm³/mol. The first-order valence-electron chi connectivity index (χ1n) is 8.37. The Morgan fingerprint density at radius 2 is 2.00 bits per heavy atom. The van der Waals surface area contributed by atoms with Gasteiger partial charge >= 0.3 is 5.97 Å². The Morgan fingerprint density at radius 1 is 1.21 bits per heavy atom. The lowest BCUT2D eigenvalue weighted by molar-refractivity contribution is -0.122. The third-order valence-corrected chi connectivity index (χ3v) is 5.16. The number of rotatable bonds is 6. The van der Waals surface area contributed by atoms with Crippen LogP contribution in [-0.4, -0.2) is 29.6 Å². The Kier molecular flexibility index (Phi) is 6.39. The molecule has 1 unspecified atom stereocenters. The largest absolute Gasteiger partial charge is 0.479 e. The van der Waals surface area contributed by atoms with Crippen LogP contribution >= 0.6 is 34.5 Å². The summed E-state index contributed by atoms with van der Waals surface area (Å²) in [5, 5.41) is 3.91. The zero-order valence-corrected chi connectivity index (χ0v) is 17.3. The molecule has 0 fully saturated rings. The van der Waals surface area contributed by atoms with E-state index in [0.717, 1.165) is 4.70 Å². The minimum Gasteiger partial charge on any atom is -0.479 e. The number of halogens is 2. The molecule has 0 aliphatic carbocycles. The van der Waals surface area contributed by atoms with Crippen LogP contribution in [0.25, 0.3) is 10.2 Å². The highest BCUT2D eigenvalue weighted by atomic mass is 35.5. The lowest BCUT2D eigenvalue weighted by Gasteiger charge is -2.14. The highest BCUT2D eigenvalue weighted by molar-refractivity contribution is 7.22. The number of nitrogens with one attached hydrogen (secondary N) is 1. The van der Waals surface area contributed by atoms with Crippen LogP contribution in [0.5, 0.6) is 5.75 Å². The first-order chi connectivity index (χ1) is 13.4. The van der Waals surface area contributed by atoms with Crippen LogP contribution in [0.15, 0.2) is 36.4 Å². The molecule has 9 heteroatoms. The molecule has 3 rings (SSSR count). The van der Waals surface area contributed by atoms with Gasteiger partial charge in [0.2, 0.25) is 0 Å². The second kappa shape index (κ2) is 8.77. The van der Waals surface area contributed by atoms with Gasteiger partial charge in [-0.2, -0.15) is 0 Å². The van der Waals surface area contributed by atoms with Gasteiger partial charge in [0.1, 0.15) is 5.75 Å². The Morgan fingerprint density at radius 3 is 2.71 bits per heavy atom. The summed E-state index contributed by atoms with van der Waals surface area (Å²) in [6.07, 6.45) is -0.805. The van der Waals surface area contributed by atoms with Crippen LogP contribution in [-0.2, 0) is 9.53 Å². The minimum atomic E-state index is -0.805. The third-order valence-electron chi connectivity index (χ3n) is 3.70. The molecular weight excluding hydrogens is 423 g/mol. The van der Waals surface area contributed by atoms with Crippen LogP contribution in [0.2, 0.25) is 10.0 Å². The van der Waals surface area contributed by atoms with Gasteiger partial charge in [0.05, 0.1) is 27.4 Å². The maximum Gasteiger partial charge on any atom is 0.338 e. The molecule has 0 aliphatic heterocycles. The molecule has 28 heavy (non-hydrogen) atoms. The fourth-order valence-corrected chi connectivity index (χ4v) is 3.70. The van der Waals surface area contributed by atoms with E-state index in [4.69, 9.17) is 32.7 Å². The number of esters is 1. The number of hydrogen-bond acceptors (Lipinski definition) is 6. The standard InChI is InChI=1S/C19H16Cl2N2O4S/c1-3-26-18(25)11-4-6-14-16(8-11)28-19(22-14)23-17(24)10(2)27-15-7-5-12(20)9-13(15)21/h4-10H,3H2,1-2H3,(H,22,23,24). The molecule has 1 atom stereocenters. The van der Waals surface area contributed by atoms with E-state index in [1.165, 1.54) is 17.4 Å². The number of thiazole rings is 1. The number of ether oxygens (including phenoxy) is 2. The van der Waals surface area contributed by atoms with E-state index in [9.17, 15) is 9.59 Å². The number of carbonyl (C=O) groups is 2. The molecule has 2 aromatic carbocycles. The zero-order valence-electron chi connectivity index (χ0n) is 15.0. The summed E-state index contributed by atoms with van der Waals surface area (Å²) in [6, 6.07) is 9.80. The average Bonchev–Trinajstić information content (AvgIpc) is 3.05. The van der Waals surface area contributed by atoms with Crippen molar-refractivity contribution in [3.63, 3.8) is 0 Å². The highest BCUT2D eigenvalue weighted by Crippen LogP contribution is 2.29. The summed E-state index contributed by atoms with van der Waals surface area (Å²) < 4.78 is 11.4. The summed E-state index contributed by atoms with van der Waals surface area (Å²) in [5.74, 6) is -0.418. The van der Waals surface area contributed by atoms with Crippen molar-refractivity contribution in [2.45, 2.75) is 20.0 Å². The van der Waals surface area contributed by atoms with Gasteiger partial charge in [-0.05, 0) is 50.2 Å². The Hall–Kier alpha value is -2.35. The molecule has 1 N–H and O–H groups in total. The SMILES string of the molecule is CCOC(=O)c1ccc2nc(NC(=O)C(C)Oc3ccc(Cl)cc3Cl)sc2c1. The van der Waals surface area contributed by atoms with Gasteiger partial charge in [-0.15, -0.1) is 0 Å². The fourth-order valence-electron chi connectivity index (χ4n) is 2.34. The van der Waals surface area contributed by atoms with E-state index >= 15 is 0 Å². The Labute approximate surface area is 175 Å². The highest BCUT2D eigenvalue weighted by Gasteiger charge is 2.18. The lowest BCUT2D eigenvalue weighted by Crippen LogP contribution is -2.30. The minimum absolute atomic E-state index is 0.302. The van der Waals surface area contributed by atoms with Crippen molar-refractivity contribution in [3.05, 3.63) is 52.0 Å². The predicted octanol–water partition coefficient (Wildman–Crippen LogP) is 5.19. The van der Waals surface area contributed by atoms with Crippen molar-refractivity contribution in [1.82, 2.24) is 4.98 Å². The summed E-state index contributed by atoms with van der Waals surface area (Å²) >= 11 is 13.2.